The molecule has 0 spiro atoms. The van der Waals surface area contributed by atoms with E-state index in [0.717, 1.165) is 32.0 Å². The van der Waals surface area contributed by atoms with Gasteiger partial charge in [0, 0.05) is 25.0 Å². The third kappa shape index (κ3) is 8.86. The predicted octanol–water partition coefficient (Wildman–Crippen LogP) is 3.53. The molecular formula is C10H20Cl2O. The second-order valence-corrected chi connectivity index (χ2v) is 4.38. The molecule has 80 valence electrons. The van der Waals surface area contributed by atoms with Gasteiger partial charge in [0.15, 0.2) is 0 Å². The molecule has 0 saturated carbocycles. The van der Waals surface area contributed by atoms with Crippen molar-refractivity contribution in [1.82, 2.24) is 0 Å². The van der Waals surface area contributed by atoms with Gasteiger partial charge in [-0.2, -0.15) is 0 Å². The van der Waals surface area contributed by atoms with Gasteiger partial charge in [0.1, 0.15) is 0 Å². The maximum atomic E-state index is 5.69. The van der Waals surface area contributed by atoms with E-state index in [4.69, 9.17) is 27.9 Å². The van der Waals surface area contributed by atoms with Crippen LogP contribution in [0.1, 0.15) is 26.7 Å². The van der Waals surface area contributed by atoms with Crippen LogP contribution in [0.4, 0.5) is 0 Å². The fourth-order valence-corrected chi connectivity index (χ4v) is 1.51. The lowest BCUT2D eigenvalue weighted by Crippen LogP contribution is -2.09. The number of hydrogen-bond acceptors (Lipinski definition) is 1. The van der Waals surface area contributed by atoms with E-state index in [0.29, 0.717) is 17.7 Å². The zero-order valence-electron chi connectivity index (χ0n) is 8.56. The average molecular weight is 227 g/mol. The van der Waals surface area contributed by atoms with Crippen molar-refractivity contribution >= 4 is 23.2 Å². The maximum absolute atomic E-state index is 5.69. The highest BCUT2D eigenvalue weighted by atomic mass is 35.5. The van der Waals surface area contributed by atoms with Gasteiger partial charge < -0.3 is 4.74 Å². The van der Waals surface area contributed by atoms with E-state index in [2.05, 4.69) is 13.8 Å². The zero-order valence-corrected chi connectivity index (χ0v) is 10.1. The van der Waals surface area contributed by atoms with Crippen LogP contribution in [0.25, 0.3) is 0 Å². The fraction of sp³-hybridized carbons (Fsp3) is 1.00. The number of ether oxygens (including phenoxy) is 1. The Morgan fingerprint density at radius 2 is 1.54 bits per heavy atom. The van der Waals surface area contributed by atoms with Gasteiger partial charge in [0.05, 0.1) is 0 Å². The molecule has 0 aromatic heterocycles. The summed E-state index contributed by atoms with van der Waals surface area (Å²) in [6.07, 6.45) is 2.11. The van der Waals surface area contributed by atoms with Gasteiger partial charge in [-0.25, -0.2) is 0 Å². The summed E-state index contributed by atoms with van der Waals surface area (Å²) in [6.45, 7) is 6.04. The lowest BCUT2D eigenvalue weighted by molar-refractivity contribution is 0.114. The first-order valence-electron chi connectivity index (χ1n) is 4.90. The second-order valence-electron chi connectivity index (χ2n) is 3.76. The summed E-state index contributed by atoms with van der Waals surface area (Å²) in [7, 11) is 0. The molecule has 0 aromatic carbocycles. The standard InChI is InChI=1S/C10H20Cl2O/c1-9(2)3-5-13-6-4-10(7-11)8-12/h9-10H,3-8H2,1-2H3. The first-order chi connectivity index (χ1) is 6.20. The molecule has 0 radical (unpaired) electrons. The Morgan fingerprint density at radius 3 is 2.00 bits per heavy atom. The van der Waals surface area contributed by atoms with Gasteiger partial charge >= 0.3 is 0 Å². The van der Waals surface area contributed by atoms with Crippen LogP contribution in [0, 0.1) is 11.8 Å². The Balaban J connectivity index is 3.14. The summed E-state index contributed by atoms with van der Waals surface area (Å²) in [5.74, 6) is 2.40. The first-order valence-corrected chi connectivity index (χ1v) is 5.97. The van der Waals surface area contributed by atoms with Crippen LogP contribution in [0.2, 0.25) is 0 Å². The molecule has 0 unspecified atom stereocenters. The molecule has 3 heteroatoms. The van der Waals surface area contributed by atoms with Crippen molar-refractivity contribution in [2.75, 3.05) is 25.0 Å². The molecule has 0 atom stereocenters. The highest BCUT2D eigenvalue weighted by Crippen LogP contribution is 2.08. The van der Waals surface area contributed by atoms with Crippen LogP contribution >= 0.6 is 23.2 Å². The largest absolute Gasteiger partial charge is 0.381 e. The molecule has 0 N–H and O–H groups in total. The lowest BCUT2D eigenvalue weighted by Gasteiger charge is -2.10. The van der Waals surface area contributed by atoms with Crippen LogP contribution in [0.5, 0.6) is 0 Å². The number of halogens is 2. The van der Waals surface area contributed by atoms with Crippen molar-refractivity contribution < 1.29 is 4.74 Å². The van der Waals surface area contributed by atoms with Gasteiger partial charge in [-0.05, 0) is 24.7 Å². The zero-order chi connectivity index (χ0) is 10.1. The monoisotopic (exact) mass is 226 g/mol. The fourth-order valence-electron chi connectivity index (χ4n) is 0.867. The molecule has 0 aliphatic heterocycles. The Bertz CT molecular complexity index is 103. The summed E-state index contributed by atoms with van der Waals surface area (Å²) in [5.41, 5.74) is 0. The SMILES string of the molecule is CC(C)CCOCCC(CCl)CCl. The minimum Gasteiger partial charge on any atom is -0.381 e. The molecule has 0 bridgehead atoms. The van der Waals surface area contributed by atoms with E-state index in [1.165, 1.54) is 0 Å². The first kappa shape index (κ1) is 13.5. The predicted molar refractivity (Wildman–Crippen MR) is 59.8 cm³/mol. The number of rotatable bonds is 8. The summed E-state index contributed by atoms with van der Waals surface area (Å²) >= 11 is 11.4. The van der Waals surface area contributed by atoms with E-state index in [9.17, 15) is 0 Å². The normalized spacial score (nSPS) is 11.5. The summed E-state index contributed by atoms with van der Waals surface area (Å²) in [6, 6.07) is 0. The topological polar surface area (TPSA) is 9.23 Å². The van der Waals surface area contributed by atoms with Crippen LogP contribution in [0.3, 0.4) is 0 Å². The molecule has 0 aromatic rings. The minimum atomic E-state index is 0.405. The van der Waals surface area contributed by atoms with Crippen molar-refractivity contribution in [2.45, 2.75) is 26.7 Å². The summed E-state index contributed by atoms with van der Waals surface area (Å²) < 4.78 is 5.46. The molecule has 13 heavy (non-hydrogen) atoms. The molecule has 0 heterocycles. The number of hydrogen-bond donors (Lipinski definition) is 0. The minimum absolute atomic E-state index is 0.405. The van der Waals surface area contributed by atoms with E-state index in [1.807, 2.05) is 0 Å². The molecule has 0 saturated heterocycles. The molecule has 1 nitrogen and oxygen atoms in total. The van der Waals surface area contributed by atoms with E-state index >= 15 is 0 Å². The average Bonchev–Trinajstić information content (AvgIpc) is 2.11. The van der Waals surface area contributed by atoms with Crippen LogP contribution < -0.4 is 0 Å². The van der Waals surface area contributed by atoms with E-state index < -0.39 is 0 Å². The van der Waals surface area contributed by atoms with Gasteiger partial charge in [-0.3, -0.25) is 0 Å². The van der Waals surface area contributed by atoms with Crippen molar-refractivity contribution in [3.63, 3.8) is 0 Å². The second kappa shape index (κ2) is 9.11. The molecule has 0 rings (SSSR count). The van der Waals surface area contributed by atoms with Crippen molar-refractivity contribution in [3.05, 3.63) is 0 Å². The number of alkyl halides is 2. The van der Waals surface area contributed by atoms with E-state index in [-0.39, 0.29) is 0 Å². The summed E-state index contributed by atoms with van der Waals surface area (Å²) in [5, 5.41) is 0. The van der Waals surface area contributed by atoms with Crippen molar-refractivity contribution in [3.8, 4) is 0 Å². The third-order valence-electron chi connectivity index (χ3n) is 1.95. The highest BCUT2D eigenvalue weighted by molar-refractivity contribution is 6.20. The maximum Gasteiger partial charge on any atom is 0.0469 e. The molecule has 0 amide bonds. The van der Waals surface area contributed by atoms with Gasteiger partial charge in [-0.15, -0.1) is 23.2 Å². The van der Waals surface area contributed by atoms with Crippen molar-refractivity contribution in [2.24, 2.45) is 11.8 Å². The van der Waals surface area contributed by atoms with Gasteiger partial charge in [0.2, 0.25) is 0 Å². The van der Waals surface area contributed by atoms with Crippen LogP contribution in [-0.2, 0) is 4.74 Å². The lowest BCUT2D eigenvalue weighted by atomic mass is 10.1. The molecule has 0 fully saturated rings. The Labute approximate surface area is 91.7 Å². The Morgan fingerprint density at radius 1 is 1.00 bits per heavy atom. The van der Waals surface area contributed by atoms with Crippen LogP contribution in [0.15, 0.2) is 0 Å². The molecule has 0 aliphatic carbocycles. The molecular weight excluding hydrogens is 207 g/mol. The van der Waals surface area contributed by atoms with Gasteiger partial charge in [-0.1, -0.05) is 13.8 Å². The molecule has 0 aliphatic rings. The Kier molecular flexibility index (Phi) is 9.49. The van der Waals surface area contributed by atoms with Gasteiger partial charge in [0.25, 0.3) is 0 Å². The highest BCUT2D eigenvalue weighted by Gasteiger charge is 2.04. The Hall–Kier alpha value is 0.540. The third-order valence-corrected chi connectivity index (χ3v) is 2.82. The van der Waals surface area contributed by atoms with E-state index in [1.54, 1.807) is 0 Å². The smallest absolute Gasteiger partial charge is 0.0469 e. The van der Waals surface area contributed by atoms with Crippen molar-refractivity contribution in [1.29, 1.82) is 0 Å². The quantitative estimate of drug-likeness (QED) is 0.455. The van der Waals surface area contributed by atoms with Crippen LogP contribution in [-0.4, -0.2) is 25.0 Å². The summed E-state index contributed by atoms with van der Waals surface area (Å²) in [4.78, 5) is 0.